The van der Waals surface area contributed by atoms with Gasteiger partial charge in [-0.1, -0.05) is 15.9 Å². The van der Waals surface area contributed by atoms with Gasteiger partial charge in [0, 0.05) is 23.4 Å². The molecule has 0 amide bonds. The van der Waals surface area contributed by atoms with E-state index in [1.54, 1.807) is 6.33 Å². The fraction of sp³-hybridized carbons (Fsp3) is 0.143. The minimum Gasteiger partial charge on any atom is -0.340 e. The Labute approximate surface area is 119 Å². The van der Waals surface area contributed by atoms with Crippen molar-refractivity contribution in [2.75, 3.05) is 5.32 Å². The maximum Gasteiger partial charge on any atom is 0.145 e. The molecule has 1 N–H and O–H groups in total. The summed E-state index contributed by atoms with van der Waals surface area (Å²) in [6.45, 7) is 2.06. The number of halogens is 1. The average Bonchev–Trinajstić information content (AvgIpc) is 2.77. The third-order valence-corrected chi connectivity index (χ3v) is 3.97. The van der Waals surface area contributed by atoms with Crippen molar-refractivity contribution < 1.29 is 0 Å². The molecule has 0 unspecified atom stereocenters. The number of fused-ring (bicyclic) bond motifs is 1. The summed E-state index contributed by atoms with van der Waals surface area (Å²) in [4.78, 5) is 8.60. The summed E-state index contributed by atoms with van der Waals surface area (Å²) < 4.78 is 3.08. The Morgan fingerprint density at radius 3 is 2.84 bits per heavy atom. The van der Waals surface area contributed by atoms with Crippen LogP contribution in [-0.2, 0) is 7.05 Å². The number of rotatable bonds is 2. The second-order valence-corrected chi connectivity index (χ2v) is 5.33. The van der Waals surface area contributed by atoms with Gasteiger partial charge in [0.2, 0.25) is 0 Å². The minimum atomic E-state index is 0.826. The van der Waals surface area contributed by atoms with E-state index in [1.165, 1.54) is 5.56 Å². The summed E-state index contributed by atoms with van der Waals surface area (Å²) in [5, 5.41) is 4.36. The quantitative estimate of drug-likeness (QED) is 0.782. The Bertz CT molecular complexity index is 748. The van der Waals surface area contributed by atoms with Gasteiger partial charge < -0.3 is 9.88 Å². The predicted molar refractivity (Wildman–Crippen MR) is 80.7 cm³/mol. The number of benzene rings is 1. The standard InChI is InChI=1S/C14H13BrN4/c1-9-7-10(3-4-12(9)15)18-13-11-5-6-19(2)14(11)17-8-16-13/h3-8H,1-2H3,(H,16,17,18). The summed E-state index contributed by atoms with van der Waals surface area (Å²) in [6, 6.07) is 8.15. The first-order chi connectivity index (χ1) is 9.15. The molecule has 0 saturated heterocycles. The average molecular weight is 317 g/mol. The molecule has 0 saturated carbocycles. The van der Waals surface area contributed by atoms with Crippen molar-refractivity contribution in [1.82, 2.24) is 14.5 Å². The molecule has 1 aromatic carbocycles. The topological polar surface area (TPSA) is 42.7 Å². The Morgan fingerprint density at radius 2 is 2.05 bits per heavy atom. The molecule has 0 aliphatic carbocycles. The molecular weight excluding hydrogens is 304 g/mol. The lowest BCUT2D eigenvalue weighted by atomic mass is 10.2. The Morgan fingerprint density at radius 1 is 1.21 bits per heavy atom. The fourth-order valence-corrected chi connectivity index (χ4v) is 2.28. The molecule has 3 rings (SSSR count). The summed E-state index contributed by atoms with van der Waals surface area (Å²) in [5.41, 5.74) is 3.12. The van der Waals surface area contributed by atoms with Crippen molar-refractivity contribution in [3.05, 3.63) is 46.8 Å². The van der Waals surface area contributed by atoms with E-state index in [0.29, 0.717) is 0 Å². The van der Waals surface area contributed by atoms with Crippen LogP contribution in [0.1, 0.15) is 5.56 Å². The molecule has 0 bridgehead atoms. The first kappa shape index (κ1) is 12.2. The highest BCUT2D eigenvalue weighted by molar-refractivity contribution is 9.10. The van der Waals surface area contributed by atoms with Crippen molar-refractivity contribution >= 4 is 38.5 Å². The molecule has 5 heteroatoms. The molecule has 96 valence electrons. The van der Waals surface area contributed by atoms with E-state index in [-0.39, 0.29) is 0 Å². The zero-order valence-corrected chi connectivity index (χ0v) is 12.3. The smallest absolute Gasteiger partial charge is 0.145 e. The molecule has 0 radical (unpaired) electrons. The number of anilines is 2. The lowest BCUT2D eigenvalue weighted by Gasteiger charge is -2.08. The molecule has 0 atom stereocenters. The van der Waals surface area contributed by atoms with E-state index >= 15 is 0 Å². The van der Waals surface area contributed by atoms with E-state index in [0.717, 1.165) is 27.0 Å². The molecule has 3 aromatic rings. The number of aryl methyl sites for hydroxylation is 2. The van der Waals surface area contributed by atoms with Gasteiger partial charge in [-0.2, -0.15) is 0 Å². The van der Waals surface area contributed by atoms with E-state index in [2.05, 4.69) is 44.2 Å². The molecule has 4 nitrogen and oxygen atoms in total. The van der Waals surface area contributed by atoms with Crippen molar-refractivity contribution in [1.29, 1.82) is 0 Å². The Kier molecular flexibility index (Phi) is 2.98. The maximum atomic E-state index is 4.32. The largest absolute Gasteiger partial charge is 0.340 e. The lowest BCUT2D eigenvalue weighted by Crippen LogP contribution is -1.97. The molecule has 0 fully saturated rings. The van der Waals surface area contributed by atoms with Crippen LogP contribution in [0.4, 0.5) is 11.5 Å². The van der Waals surface area contributed by atoms with E-state index in [1.807, 2.05) is 36.0 Å². The molecule has 0 spiro atoms. The number of hydrogen-bond acceptors (Lipinski definition) is 3. The third kappa shape index (κ3) is 2.21. The normalized spacial score (nSPS) is 10.9. The number of nitrogens with one attached hydrogen (secondary N) is 1. The third-order valence-electron chi connectivity index (χ3n) is 3.08. The molecule has 2 aromatic heterocycles. The maximum absolute atomic E-state index is 4.32. The SMILES string of the molecule is Cc1cc(Nc2ncnc3c2ccn3C)ccc1Br. The zero-order chi connectivity index (χ0) is 13.4. The van der Waals surface area contributed by atoms with Gasteiger partial charge in [0.25, 0.3) is 0 Å². The molecule has 0 aliphatic heterocycles. The fourth-order valence-electron chi connectivity index (χ4n) is 2.04. The van der Waals surface area contributed by atoms with Gasteiger partial charge >= 0.3 is 0 Å². The second-order valence-electron chi connectivity index (χ2n) is 4.48. The molecule has 19 heavy (non-hydrogen) atoms. The molecular formula is C14H13BrN4. The van der Waals surface area contributed by atoms with Crippen LogP contribution in [0.3, 0.4) is 0 Å². The zero-order valence-electron chi connectivity index (χ0n) is 10.7. The number of aromatic nitrogens is 3. The first-order valence-electron chi connectivity index (χ1n) is 5.94. The van der Waals surface area contributed by atoms with Crippen molar-refractivity contribution in [2.24, 2.45) is 7.05 Å². The van der Waals surface area contributed by atoms with Gasteiger partial charge in [-0.3, -0.25) is 0 Å². The second kappa shape index (κ2) is 4.66. The highest BCUT2D eigenvalue weighted by atomic mass is 79.9. The first-order valence-corrected chi connectivity index (χ1v) is 6.73. The van der Waals surface area contributed by atoms with Crippen molar-refractivity contribution in [3.63, 3.8) is 0 Å². The van der Waals surface area contributed by atoms with Crippen LogP contribution in [0.25, 0.3) is 11.0 Å². The van der Waals surface area contributed by atoms with Crippen LogP contribution in [0.15, 0.2) is 41.3 Å². The van der Waals surface area contributed by atoms with Crippen LogP contribution in [0.2, 0.25) is 0 Å². The summed E-state index contributed by atoms with van der Waals surface area (Å²) in [6.07, 6.45) is 3.56. The van der Waals surface area contributed by atoms with Gasteiger partial charge in [-0.05, 0) is 36.8 Å². The van der Waals surface area contributed by atoms with E-state index < -0.39 is 0 Å². The summed E-state index contributed by atoms with van der Waals surface area (Å²) in [7, 11) is 1.98. The minimum absolute atomic E-state index is 0.826. The monoisotopic (exact) mass is 316 g/mol. The van der Waals surface area contributed by atoms with Crippen LogP contribution in [0, 0.1) is 6.92 Å². The Hall–Kier alpha value is -1.88. The van der Waals surface area contributed by atoms with Crippen molar-refractivity contribution in [2.45, 2.75) is 6.92 Å². The van der Waals surface area contributed by atoms with Gasteiger partial charge in [-0.15, -0.1) is 0 Å². The number of hydrogen-bond donors (Lipinski definition) is 1. The van der Waals surface area contributed by atoms with Crippen LogP contribution in [0.5, 0.6) is 0 Å². The lowest BCUT2D eigenvalue weighted by molar-refractivity contribution is 0.944. The van der Waals surface area contributed by atoms with E-state index in [4.69, 9.17) is 0 Å². The summed E-state index contributed by atoms with van der Waals surface area (Å²) >= 11 is 3.50. The highest BCUT2D eigenvalue weighted by Gasteiger charge is 2.07. The predicted octanol–water partition coefficient (Wildman–Crippen LogP) is 3.78. The molecule has 0 aliphatic rings. The van der Waals surface area contributed by atoms with Crippen molar-refractivity contribution in [3.8, 4) is 0 Å². The Balaban J connectivity index is 2.03. The number of nitrogens with zero attached hydrogens (tertiary/aromatic N) is 3. The highest BCUT2D eigenvalue weighted by Crippen LogP contribution is 2.25. The van der Waals surface area contributed by atoms with Gasteiger partial charge in [0.05, 0.1) is 5.39 Å². The van der Waals surface area contributed by atoms with Gasteiger partial charge in [0.15, 0.2) is 0 Å². The van der Waals surface area contributed by atoms with Gasteiger partial charge in [0.1, 0.15) is 17.8 Å². The van der Waals surface area contributed by atoms with E-state index in [9.17, 15) is 0 Å². The molecule has 2 heterocycles. The van der Waals surface area contributed by atoms with Gasteiger partial charge in [-0.25, -0.2) is 9.97 Å². The van der Waals surface area contributed by atoms with Crippen LogP contribution >= 0.6 is 15.9 Å². The summed E-state index contributed by atoms with van der Waals surface area (Å²) in [5.74, 6) is 0.826. The van der Waals surface area contributed by atoms with Crippen LogP contribution in [-0.4, -0.2) is 14.5 Å². The van der Waals surface area contributed by atoms with Crippen LogP contribution < -0.4 is 5.32 Å².